The van der Waals surface area contributed by atoms with Crippen LogP contribution in [0.4, 0.5) is 0 Å². The van der Waals surface area contributed by atoms with E-state index >= 15 is 0 Å². The van der Waals surface area contributed by atoms with Crippen molar-refractivity contribution in [2.24, 2.45) is 0 Å². The molecule has 1 aliphatic rings. The molecular weight excluding hydrogens is 282 g/mol. The Morgan fingerprint density at radius 1 is 1.53 bits per heavy atom. The lowest BCUT2D eigenvalue weighted by Gasteiger charge is -2.28. The highest BCUT2D eigenvalue weighted by Gasteiger charge is 2.34. The molecule has 0 aromatic carbocycles. The first-order chi connectivity index (χ1) is 8.21. The number of halogens is 1. The van der Waals surface area contributed by atoms with E-state index in [9.17, 15) is 4.79 Å². The highest BCUT2D eigenvalue weighted by Crippen LogP contribution is 2.31. The third-order valence-corrected chi connectivity index (χ3v) is 4.58. The number of furan rings is 1. The van der Waals surface area contributed by atoms with E-state index in [1.54, 1.807) is 12.3 Å². The zero-order valence-electron chi connectivity index (χ0n) is 10.1. The largest absolute Gasteiger partial charge is 0.469 e. The summed E-state index contributed by atoms with van der Waals surface area (Å²) in [5, 5.41) is 4.00. The Hall–Kier alpha value is -0.770. The summed E-state index contributed by atoms with van der Waals surface area (Å²) >= 11 is 3.52. The van der Waals surface area contributed by atoms with Crippen molar-refractivity contribution in [1.29, 1.82) is 0 Å². The molecule has 1 aromatic heterocycles. The third-order valence-electron chi connectivity index (χ3n) is 3.51. The first-order valence-corrected chi connectivity index (χ1v) is 7.28. The molecule has 1 saturated carbocycles. The Labute approximate surface area is 110 Å². The van der Waals surface area contributed by atoms with Crippen LogP contribution in [0.5, 0.6) is 0 Å². The van der Waals surface area contributed by atoms with E-state index in [0.29, 0.717) is 5.56 Å². The van der Waals surface area contributed by atoms with Crippen molar-refractivity contribution in [1.82, 2.24) is 5.32 Å². The average Bonchev–Trinajstić information content (AvgIpc) is 2.97. The maximum atomic E-state index is 12.2. The average molecular weight is 300 g/mol. The fourth-order valence-corrected chi connectivity index (χ4v) is 3.17. The van der Waals surface area contributed by atoms with Crippen LogP contribution in [0.1, 0.15) is 48.7 Å². The van der Waals surface area contributed by atoms with Crippen molar-refractivity contribution in [3.8, 4) is 0 Å². The van der Waals surface area contributed by atoms with Crippen LogP contribution in [0.25, 0.3) is 0 Å². The van der Waals surface area contributed by atoms with Gasteiger partial charge in [0.2, 0.25) is 0 Å². The van der Waals surface area contributed by atoms with Crippen molar-refractivity contribution in [2.45, 2.75) is 44.6 Å². The number of carbonyl (C=O) groups is 1. The Morgan fingerprint density at radius 2 is 2.24 bits per heavy atom. The number of alkyl halides is 1. The summed E-state index contributed by atoms with van der Waals surface area (Å²) in [6, 6.07) is 1.76. The van der Waals surface area contributed by atoms with Crippen LogP contribution >= 0.6 is 15.9 Å². The Bertz CT molecular complexity index is 394. The lowest BCUT2D eigenvalue weighted by molar-refractivity contribution is 0.0908. The number of carbonyl (C=O) groups excluding carboxylic acids is 1. The van der Waals surface area contributed by atoms with Crippen LogP contribution in [-0.2, 0) is 6.42 Å². The fourth-order valence-electron chi connectivity index (χ4n) is 2.47. The molecule has 0 unspecified atom stereocenters. The monoisotopic (exact) mass is 299 g/mol. The van der Waals surface area contributed by atoms with Gasteiger partial charge in [-0.05, 0) is 18.9 Å². The summed E-state index contributed by atoms with van der Waals surface area (Å²) in [5.74, 6) is 0.766. The maximum absolute atomic E-state index is 12.2. The van der Waals surface area contributed by atoms with E-state index in [-0.39, 0.29) is 11.4 Å². The second-order valence-corrected chi connectivity index (χ2v) is 5.25. The smallest absolute Gasteiger partial charge is 0.255 e. The first kappa shape index (κ1) is 12.7. The van der Waals surface area contributed by atoms with Crippen molar-refractivity contribution < 1.29 is 9.21 Å². The van der Waals surface area contributed by atoms with Gasteiger partial charge < -0.3 is 9.73 Å². The topological polar surface area (TPSA) is 42.2 Å². The van der Waals surface area contributed by atoms with Gasteiger partial charge in [0.15, 0.2) is 0 Å². The quantitative estimate of drug-likeness (QED) is 0.867. The summed E-state index contributed by atoms with van der Waals surface area (Å²) in [4.78, 5) is 12.2. The maximum Gasteiger partial charge on any atom is 0.255 e. The zero-order chi connectivity index (χ0) is 12.3. The van der Waals surface area contributed by atoms with Gasteiger partial charge >= 0.3 is 0 Å². The summed E-state index contributed by atoms with van der Waals surface area (Å²) in [5.41, 5.74) is 0.624. The van der Waals surface area contributed by atoms with Gasteiger partial charge in [-0.3, -0.25) is 4.79 Å². The Balaban J connectivity index is 2.11. The van der Waals surface area contributed by atoms with Crippen LogP contribution < -0.4 is 5.32 Å². The van der Waals surface area contributed by atoms with E-state index in [1.807, 2.05) is 6.92 Å². The second-order valence-electron chi connectivity index (χ2n) is 4.69. The molecule has 2 rings (SSSR count). The lowest BCUT2D eigenvalue weighted by Crippen LogP contribution is -2.47. The molecule has 0 bridgehead atoms. The molecular formula is C13H18BrNO2. The molecule has 17 heavy (non-hydrogen) atoms. The minimum absolute atomic E-state index is 0.00282. The van der Waals surface area contributed by atoms with Gasteiger partial charge in [0.05, 0.1) is 17.4 Å². The summed E-state index contributed by atoms with van der Waals surface area (Å²) < 4.78 is 5.29. The fraction of sp³-hybridized carbons (Fsp3) is 0.615. The molecule has 1 aliphatic carbocycles. The Morgan fingerprint density at radius 3 is 2.82 bits per heavy atom. The molecule has 1 heterocycles. The minimum Gasteiger partial charge on any atom is -0.469 e. The van der Waals surface area contributed by atoms with Gasteiger partial charge in [0.25, 0.3) is 5.91 Å². The van der Waals surface area contributed by atoms with Crippen LogP contribution in [-0.4, -0.2) is 16.8 Å². The molecule has 3 nitrogen and oxygen atoms in total. The predicted octanol–water partition coefficient (Wildman–Crippen LogP) is 3.28. The number of rotatable bonds is 4. The van der Waals surface area contributed by atoms with Crippen LogP contribution in [0.2, 0.25) is 0 Å². The standard InChI is InChI=1S/C13H18BrNO2/c1-2-11-10(5-8-17-11)12(16)15-13(9-14)6-3-4-7-13/h5,8H,2-4,6-7,9H2,1H3,(H,15,16). The number of hydrogen-bond acceptors (Lipinski definition) is 2. The SMILES string of the molecule is CCc1occc1C(=O)NC1(CBr)CCCC1. The van der Waals surface area contributed by atoms with E-state index in [4.69, 9.17) is 4.42 Å². The molecule has 1 aromatic rings. The van der Waals surface area contributed by atoms with Crippen LogP contribution in [0, 0.1) is 0 Å². The molecule has 0 radical (unpaired) electrons. The van der Waals surface area contributed by atoms with Crippen molar-refractivity contribution in [2.75, 3.05) is 5.33 Å². The lowest BCUT2D eigenvalue weighted by atomic mass is 10.00. The van der Waals surface area contributed by atoms with Gasteiger partial charge in [-0.15, -0.1) is 0 Å². The summed E-state index contributed by atoms with van der Waals surface area (Å²) in [6.07, 6.45) is 6.84. The summed E-state index contributed by atoms with van der Waals surface area (Å²) in [7, 11) is 0. The van der Waals surface area contributed by atoms with Crippen LogP contribution in [0.3, 0.4) is 0 Å². The molecule has 0 aliphatic heterocycles. The van der Waals surface area contributed by atoms with Crippen molar-refractivity contribution in [3.63, 3.8) is 0 Å². The molecule has 94 valence electrons. The van der Waals surface area contributed by atoms with E-state index < -0.39 is 0 Å². The van der Waals surface area contributed by atoms with E-state index in [1.165, 1.54) is 12.8 Å². The van der Waals surface area contributed by atoms with Crippen molar-refractivity contribution in [3.05, 3.63) is 23.7 Å². The van der Waals surface area contributed by atoms with Gasteiger partial charge in [-0.2, -0.15) is 0 Å². The normalized spacial score (nSPS) is 18.2. The number of hydrogen-bond donors (Lipinski definition) is 1. The predicted molar refractivity (Wildman–Crippen MR) is 70.5 cm³/mol. The van der Waals surface area contributed by atoms with Gasteiger partial charge in [0.1, 0.15) is 5.76 Å². The molecule has 0 spiro atoms. The van der Waals surface area contributed by atoms with E-state index in [2.05, 4.69) is 21.2 Å². The van der Waals surface area contributed by atoms with Gasteiger partial charge in [-0.1, -0.05) is 35.7 Å². The zero-order valence-corrected chi connectivity index (χ0v) is 11.7. The first-order valence-electron chi connectivity index (χ1n) is 6.15. The number of aryl methyl sites for hydroxylation is 1. The van der Waals surface area contributed by atoms with Crippen molar-refractivity contribution >= 4 is 21.8 Å². The highest BCUT2D eigenvalue weighted by atomic mass is 79.9. The molecule has 0 atom stereocenters. The Kier molecular flexibility index (Phi) is 3.92. The molecule has 1 N–H and O–H groups in total. The second kappa shape index (κ2) is 5.25. The van der Waals surface area contributed by atoms with Crippen LogP contribution in [0.15, 0.2) is 16.7 Å². The van der Waals surface area contributed by atoms with Gasteiger partial charge in [-0.25, -0.2) is 0 Å². The van der Waals surface area contributed by atoms with Gasteiger partial charge in [0, 0.05) is 11.8 Å². The summed E-state index contributed by atoms with van der Waals surface area (Å²) in [6.45, 7) is 1.99. The number of nitrogens with one attached hydrogen (secondary N) is 1. The minimum atomic E-state index is -0.0562. The highest BCUT2D eigenvalue weighted by molar-refractivity contribution is 9.09. The molecule has 0 saturated heterocycles. The van der Waals surface area contributed by atoms with E-state index in [0.717, 1.165) is 30.4 Å². The number of amides is 1. The molecule has 1 amide bonds. The molecule has 4 heteroatoms. The molecule has 1 fully saturated rings. The third kappa shape index (κ3) is 2.57.